The lowest BCUT2D eigenvalue weighted by atomic mass is 10.1. The van der Waals surface area contributed by atoms with Crippen LogP contribution in [0.4, 0.5) is 4.79 Å². The zero-order valence-corrected chi connectivity index (χ0v) is 15.6. The summed E-state index contributed by atoms with van der Waals surface area (Å²) in [7, 11) is -2.24. The number of rotatable bonds is 8. The van der Waals surface area contributed by atoms with E-state index in [2.05, 4.69) is 5.32 Å². The van der Waals surface area contributed by atoms with Crippen LogP contribution >= 0.6 is 0 Å². The van der Waals surface area contributed by atoms with Crippen LogP contribution in [0.2, 0.25) is 0 Å². The number of urea groups is 1. The topological polar surface area (TPSA) is 84.9 Å². The molecule has 0 aliphatic rings. The van der Waals surface area contributed by atoms with Crippen molar-refractivity contribution in [2.45, 2.75) is 39.8 Å². The molecule has 1 N–H and O–H groups in total. The Morgan fingerprint density at radius 1 is 1.29 bits per heavy atom. The number of hydrogen-bond donors (Lipinski definition) is 1. The summed E-state index contributed by atoms with van der Waals surface area (Å²) >= 11 is 0. The smallest absolute Gasteiger partial charge is 0.317 e. The van der Waals surface area contributed by atoms with Crippen LogP contribution in [0, 0.1) is 0 Å². The van der Waals surface area contributed by atoms with Gasteiger partial charge in [-0.1, -0.05) is 13.0 Å². The van der Waals surface area contributed by atoms with Gasteiger partial charge >= 0.3 is 16.1 Å². The van der Waals surface area contributed by atoms with Gasteiger partial charge in [0.25, 0.3) is 0 Å². The molecule has 0 saturated carbocycles. The number of nitrogens with one attached hydrogen (secondary N) is 1. The van der Waals surface area contributed by atoms with E-state index in [1.54, 1.807) is 23.1 Å². The summed E-state index contributed by atoms with van der Waals surface area (Å²) in [5, 5.41) is 2.79. The van der Waals surface area contributed by atoms with Gasteiger partial charge in [-0.3, -0.25) is 0 Å². The largest absolute Gasteiger partial charge is 0.493 e. The third-order valence-electron chi connectivity index (χ3n) is 3.53. The Labute approximate surface area is 144 Å². The Morgan fingerprint density at radius 3 is 2.46 bits per heavy atom. The van der Waals surface area contributed by atoms with Crippen LogP contribution in [-0.4, -0.2) is 45.3 Å². The molecule has 7 nitrogen and oxygen atoms in total. The average molecular weight is 358 g/mol. The number of amides is 2. The van der Waals surface area contributed by atoms with Crippen molar-refractivity contribution in [2.24, 2.45) is 0 Å². The Morgan fingerprint density at radius 2 is 1.96 bits per heavy atom. The average Bonchev–Trinajstić information content (AvgIpc) is 2.50. The molecule has 0 aromatic heterocycles. The predicted octanol–water partition coefficient (Wildman–Crippen LogP) is 2.36. The minimum Gasteiger partial charge on any atom is -0.493 e. The molecule has 0 radical (unpaired) electrons. The van der Waals surface area contributed by atoms with Gasteiger partial charge in [0, 0.05) is 19.1 Å². The van der Waals surface area contributed by atoms with Crippen molar-refractivity contribution in [1.82, 2.24) is 10.2 Å². The number of carbonyl (C=O) groups is 1. The Kier molecular flexibility index (Phi) is 7.34. The Balaban J connectivity index is 3.11. The lowest BCUT2D eigenvalue weighted by Crippen LogP contribution is -2.44. The minimum absolute atomic E-state index is 0.0397. The van der Waals surface area contributed by atoms with Crippen molar-refractivity contribution in [2.75, 3.05) is 19.9 Å². The number of carbonyl (C=O) groups excluding carboxylic acids is 1. The number of ether oxygens (including phenoxy) is 1. The van der Waals surface area contributed by atoms with Gasteiger partial charge in [-0.15, -0.1) is 0 Å². The second kappa shape index (κ2) is 8.77. The highest BCUT2D eigenvalue weighted by atomic mass is 32.2. The molecule has 0 aliphatic carbocycles. The first-order valence-corrected chi connectivity index (χ1v) is 9.64. The third kappa shape index (κ3) is 5.92. The second-order valence-corrected chi connectivity index (χ2v) is 7.07. The first-order valence-electron chi connectivity index (χ1n) is 7.82. The van der Waals surface area contributed by atoms with E-state index in [-0.39, 0.29) is 17.8 Å². The van der Waals surface area contributed by atoms with E-state index in [1.807, 2.05) is 20.8 Å². The van der Waals surface area contributed by atoms with Gasteiger partial charge < -0.3 is 19.1 Å². The van der Waals surface area contributed by atoms with Crippen LogP contribution in [0.15, 0.2) is 18.2 Å². The fraction of sp³-hybridized carbons (Fsp3) is 0.562. The molecule has 0 spiro atoms. The third-order valence-corrected chi connectivity index (χ3v) is 4.02. The molecular formula is C16H26N2O5S. The van der Waals surface area contributed by atoms with Gasteiger partial charge in [-0.25, -0.2) is 4.79 Å². The predicted molar refractivity (Wildman–Crippen MR) is 92.8 cm³/mol. The molecule has 0 unspecified atom stereocenters. The first kappa shape index (κ1) is 20.1. The maximum absolute atomic E-state index is 12.2. The molecule has 1 aromatic rings. The summed E-state index contributed by atoms with van der Waals surface area (Å²) < 4.78 is 32.9. The second-order valence-electron chi connectivity index (χ2n) is 5.49. The van der Waals surface area contributed by atoms with Crippen molar-refractivity contribution >= 4 is 16.1 Å². The maximum atomic E-state index is 12.2. The van der Waals surface area contributed by atoms with Gasteiger partial charge in [0.05, 0.1) is 13.4 Å². The van der Waals surface area contributed by atoms with Gasteiger partial charge in [0.15, 0.2) is 11.5 Å². The zero-order chi connectivity index (χ0) is 18.3. The van der Waals surface area contributed by atoms with Crippen LogP contribution in [0.1, 0.15) is 32.8 Å². The molecule has 1 atom stereocenters. The van der Waals surface area contributed by atoms with E-state index in [9.17, 15) is 13.2 Å². The number of nitrogens with zero attached hydrogens (tertiary/aromatic N) is 1. The van der Waals surface area contributed by atoms with Crippen molar-refractivity contribution in [1.29, 1.82) is 0 Å². The molecule has 2 amide bonds. The van der Waals surface area contributed by atoms with Crippen molar-refractivity contribution in [3.8, 4) is 11.5 Å². The molecule has 0 aliphatic heterocycles. The fourth-order valence-electron chi connectivity index (χ4n) is 2.15. The highest BCUT2D eigenvalue weighted by Gasteiger charge is 2.20. The van der Waals surface area contributed by atoms with Crippen LogP contribution in [0.3, 0.4) is 0 Å². The summed E-state index contributed by atoms with van der Waals surface area (Å²) in [6, 6.07) is 4.87. The SMILES string of the molecule is CCNC(=O)N(Cc1ccc(OC)c(OS(C)(=O)=O)c1)[C@@H](C)CC. The van der Waals surface area contributed by atoms with Crippen molar-refractivity contribution in [3.05, 3.63) is 23.8 Å². The first-order chi connectivity index (χ1) is 11.2. The van der Waals surface area contributed by atoms with Crippen LogP contribution in [0.25, 0.3) is 0 Å². The van der Waals surface area contributed by atoms with Crippen molar-refractivity contribution < 1.29 is 22.1 Å². The van der Waals surface area contributed by atoms with Crippen LogP contribution < -0.4 is 14.2 Å². The molecular weight excluding hydrogens is 332 g/mol. The number of hydrogen-bond acceptors (Lipinski definition) is 5. The maximum Gasteiger partial charge on any atom is 0.317 e. The molecule has 136 valence electrons. The lowest BCUT2D eigenvalue weighted by molar-refractivity contribution is 0.174. The van der Waals surface area contributed by atoms with Gasteiger partial charge in [-0.05, 0) is 38.0 Å². The fourth-order valence-corrected chi connectivity index (χ4v) is 2.60. The number of benzene rings is 1. The molecule has 1 aromatic carbocycles. The normalized spacial score (nSPS) is 12.4. The zero-order valence-electron chi connectivity index (χ0n) is 14.8. The molecule has 0 saturated heterocycles. The summed E-state index contributed by atoms with van der Waals surface area (Å²) in [5.74, 6) is 0.426. The van der Waals surface area contributed by atoms with E-state index in [0.29, 0.717) is 18.8 Å². The van der Waals surface area contributed by atoms with E-state index in [0.717, 1.165) is 18.2 Å². The van der Waals surface area contributed by atoms with Gasteiger partial charge in [0.2, 0.25) is 0 Å². The van der Waals surface area contributed by atoms with E-state index in [4.69, 9.17) is 8.92 Å². The molecule has 24 heavy (non-hydrogen) atoms. The number of methoxy groups -OCH3 is 1. The Hall–Kier alpha value is -1.96. The molecule has 0 heterocycles. The lowest BCUT2D eigenvalue weighted by Gasteiger charge is -2.29. The van der Waals surface area contributed by atoms with Crippen LogP contribution in [-0.2, 0) is 16.7 Å². The summed E-state index contributed by atoms with van der Waals surface area (Å²) in [4.78, 5) is 14.0. The minimum atomic E-state index is -3.67. The quantitative estimate of drug-likeness (QED) is 0.721. The van der Waals surface area contributed by atoms with E-state index >= 15 is 0 Å². The Bertz CT molecular complexity index is 660. The van der Waals surface area contributed by atoms with E-state index in [1.165, 1.54) is 7.11 Å². The standard InChI is InChI=1S/C16H26N2O5S/c1-6-12(3)18(16(19)17-7-2)11-13-8-9-14(22-4)15(10-13)23-24(5,20)21/h8-10,12H,6-7,11H2,1-5H3,(H,17,19)/t12-/m0/s1. The summed E-state index contributed by atoms with van der Waals surface area (Å²) in [5.41, 5.74) is 0.751. The van der Waals surface area contributed by atoms with Gasteiger partial charge in [-0.2, -0.15) is 8.42 Å². The van der Waals surface area contributed by atoms with Crippen molar-refractivity contribution in [3.63, 3.8) is 0 Å². The molecule has 0 fully saturated rings. The van der Waals surface area contributed by atoms with Crippen LogP contribution in [0.5, 0.6) is 11.5 Å². The molecule has 1 rings (SSSR count). The molecule has 0 bridgehead atoms. The summed E-state index contributed by atoms with van der Waals surface area (Å²) in [6.07, 6.45) is 1.78. The highest BCUT2D eigenvalue weighted by molar-refractivity contribution is 7.86. The molecule has 8 heteroatoms. The van der Waals surface area contributed by atoms with Gasteiger partial charge in [0.1, 0.15) is 0 Å². The monoisotopic (exact) mass is 358 g/mol. The highest BCUT2D eigenvalue weighted by Crippen LogP contribution is 2.30. The summed E-state index contributed by atoms with van der Waals surface area (Å²) in [6.45, 7) is 6.70. The van der Waals surface area contributed by atoms with E-state index < -0.39 is 10.1 Å².